The lowest BCUT2D eigenvalue weighted by atomic mass is 10.2. The summed E-state index contributed by atoms with van der Waals surface area (Å²) in [6.07, 6.45) is 1.16. The van der Waals surface area contributed by atoms with E-state index in [-0.39, 0.29) is 25.5 Å². The number of aliphatic hydroxyl groups is 1. The molecule has 1 aromatic rings. The Bertz CT molecular complexity index is 710. The van der Waals surface area contributed by atoms with Gasteiger partial charge in [0, 0.05) is 15.0 Å². The second kappa shape index (κ2) is 7.91. The van der Waals surface area contributed by atoms with E-state index in [1.807, 2.05) is 0 Å². The van der Waals surface area contributed by atoms with Crippen LogP contribution in [-0.2, 0) is 14.3 Å². The normalized spacial score (nSPS) is 14.0. The number of carbonyl (C=O) groups excluding carboxylic acids is 3. The van der Waals surface area contributed by atoms with Gasteiger partial charge in [0.25, 0.3) is 11.8 Å². The summed E-state index contributed by atoms with van der Waals surface area (Å²) in [5.74, 6) is -1.49. The number of anilines is 1. The Morgan fingerprint density at radius 3 is 2.46 bits per heavy atom. The molecule has 0 fully saturated rings. The second-order valence-corrected chi connectivity index (χ2v) is 6.45. The molecule has 7 nitrogen and oxygen atoms in total. The lowest BCUT2D eigenvalue weighted by Gasteiger charge is -2.15. The van der Waals surface area contributed by atoms with Crippen molar-refractivity contribution in [1.29, 1.82) is 0 Å². The van der Waals surface area contributed by atoms with E-state index in [1.165, 1.54) is 0 Å². The largest absolute Gasteiger partial charge is 0.462 e. The fraction of sp³-hybridized carbons (Fsp3) is 0.267. The van der Waals surface area contributed by atoms with Gasteiger partial charge in [-0.1, -0.05) is 0 Å². The summed E-state index contributed by atoms with van der Waals surface area (Å²) in [5.41, 5.74) is 0.908. The number of halogens is 2. The maximum absolute atomic E-state index is 12.2. The molecule has 0 unspecified atom stereocenters. The Hall–Kier alpha value is -1.71. The Morgan fingerprint density at radius 2 is 1.92 bits per heavy atom. The second-order valence-electron chi connectivity index (χ2n) is 4.74. The summed E-state index contributed by atoms with van der Waals surface area (Å²) in [7, 11) is 0. The van der Waals surface area contributed by atoms with Crippen molar-refractivity contribution in [2.45, 2.75) is 6.92 Å². The number of nitrogens with zero attached hydrogens (tertiary/aromatic N) is 1. The van der Waals surface area contributed by atoms with Crippen LogP contribution in [0.4, 0.5) is 5.69 Å². The monoisotopic (exact) mass is 460 g/mol. The number of ether oxygens (including phenoxy) is 1. The van der Waals surface area contributed by atoms with Gasteiger partial charge >= 0.3 is 5.97 Å². The number of hydrogen-bond acceptors (Lipinski definition) is 6. The molecule has 0 saturated carbocycles. The fourth-order valence-electron chi connectivity index (χ4n) is 2.07. The van der Waals surface area contributed by atoms with Gasteiger partial charge in [-0.2, -0.15) is 0 Å². The zero-order chi connectivity index (χ0) is 17.9. The molecule has 0 saturated heterocycles. The first-order valence-electron chi connectivity index (χ1n) is 7.00. The maximum atomic E-state index is 12.2. The molecule has 2 N–H and O–H groups in total. The van der Waals surface area contributed by atoms with Gasteiger partial charge in [-0.05, 0) is 50.9 Å². The lowest BCUT2D eigenvalue weighted by Crippen LogP contribution is -2.34. The van der Waals surface area contributed by atoms with Crippen molar-refractivity contribution in [3.05, 3.63) is 38.4 Å². The highest BCUT2D eigenvalue weighted by Gasteiger charge is 2.31. The Labute approximate surface area is 154 Å². The number of hydrogen-bond donors (Lipinski definition) is 2. The van der Waals surface area contributed by atoms with Crippen LogP contribution >= 0.6 is 31.9 Å². The number of β-amino-alcohol motifs (C(OH)–C–C–N with tert-alkyl or cyclic N) is 1. The van der Waals surface area contributed by atoms with E-state index in [1.54, 1.807) is 19.1 Å². The number of benzene rings is 1. The molecule has 2 amide bonds. The summed E-state index contributed by atoms with van der Waals surface area (Å²) in [6.45, 7) is 1.60. The van der Waals surface area contributed by atoms with Crippen molar-refractivity contribution in [2.75, 3.05) is 25.1 Å². The van der Waals surface area contributed by atoms with Crippen LogP contribution in [0.25, 0.3) is 0 Å². The highest BCUT2D eigenvalue weighted by atomic mass is 79.9. The molecule has 0 aliphatic carbocycles. The number of rotatable bonds is 6. The molecule has 1 aliphatic rings. The molecule has 0 bridgehead atoms. The van der Waals surface area contributed by atoms with Crippen LogP contribution < -0.4 is 5.32 Å². The zero-order valence-electron chi connectivity index (χ0n) is 12.6. The first kappa shape index (κ1) is 18.6. The van der Waals surface area contributed by atoms with E-state index in [2.05, 4.69) is 37.2 Å². The molecule has 1 heterocycles. The number of esters is 1. The SMILES string of the molecule is CCOC(=O)c1cc(Br)c(NC2=CC(=O)N(CCO)C2=O)c(Br)c1. The highest BCUT2D eigenvalue weighted by molar-refractivity contribution is 9.11. The molecule has 1 aromatic carbocycles. The molecule has 0 spiro atoms. The first-order valence-corrected chi connectivity index (χ1v) is 8.59. The molecule has 1 aliphatic heterocycles. The summed E-state index contributed by atoms with van der Waals surface area (Å²) in [4.78, 5) is 36.6. The molecular weight excluding hydrogens is 448 g/mol. The van der Waals surface area contributed by atoms with Crippen LogP contribution in [0.1, 0.15) is 17.3 Å². The van der Waals surface area contributed by atoms with Crippen molar-refractivity contribution < 1.29 is 24.2 Å². The maximum Gasteiger partial charge on any atom is 0.338 e. The number of nitrogens with one attached hydrogen (secondary N) is 1. The van der Waals surface area contributed by atoms with E-state index in [9.17, 15) is 14.4 Å². The molecule has 24 heavy (non-hydrogen) atoms. The minimum Gasteiger partial charge on any atom is -0.462 e. The quantitative estimate of drug-likeness (QED) is 0.497. The van der Waals surface area contributed by atoms with Gasteiger partial charge in [-0.25, -0.2) is 4.79 Å². The van der Waals surface area contributed by atoms with Gasteiger partial charge in [0.05, 0.1) is 31.0 Å². The van der Waals surface area contributed by atoms with Crippen LogP contribution in [0.5, 0.6) is 0 Å². The van der Waals surface area contributed by atoms with E-state index in [4.69, 9.17) is 9.84 Å². The van der Waals surface area contributed by atoms with Gasteiger partial charge in [0.15, 0.2) is 0 Å². The van der Waals surface area contributed by atoms with Crippen molar-refractivity contribution >= 4 is 55.3 Å². The van der Waals surface area contributed by atoms with Gasteiger partial charge < -0.3 is 15.2 Å². The predicted molar refractivity (Wildman–Crippen MR) is 93.3 cm³/mol. The Balaban J connectivity index is 2.25. The molecule has 9 heteroatoms. The van der Waals surface area contributed by atoms with E-state index < -0.39 is 17.8 Å². The first-order chi connectivity index (χ1) is 11.4. The summed E-state index contributed by atoms with van der Waals surface area (Å²) >= 11 is 6.66. The van der Waals surface area contributed by atoms with Crippen molar-refractivity contribution in [2.24, 2.45) is 0 Å². The zero-order valence-corrected chi connectivity index (χ0v) is 15.8. The smallest absolute Gasteiger partial charge is 0.338 e. The minimum absolute atomic E-state index is 0.0660. The van der Waals surface area contributed by atoms with Gasteiger partial charge in [-0.15, -0.1) is 0 Å². The topological polar surface area (TPSA) is 95.9 Å². The minimum atomic E-state index is -0.526. The summed E-state index contributed by atoms with van der Waals surface area (Å²) in [6, 6.07) is 3.11. The van der Waals surface area contributed by atoms with Crippen LogP contribution in [0.15, 0.2) is 32.9 Å². The summed E-state index contributed by atoms with van der Waals surface area (Å²) in [5, 5.41) is 11.8. The third-order valence-electron chi connectivity index (χ3n) is 3.15. The van der Waals surface area contributed by atoms with E-state index in [0.29, 0.717) is 20.2 Å². The number of carbonyl (C=O) groups is 3. The summed E-state index contributed by atoms with van der Waals surface area (Å²) < 4.78 is 5.97. The molecular formula is C15H14Br2N2O5. The molecule has 2 rings (SSSR count). The van der Waals surface area contributed by atoms with Gasteiger partial charge in [-0.3, -0.25) is 14.5 Å². The Morgan fingerprint density at radius 1 is 1.29 bits per heavy atom. The third kappa shape index (κ3) is 3.85. The van der Waals surface area contributed by atoms with E-state index in [0.717, 1.165) is 11.0 Å². The van der Waals surface area contributed by atoms with Crippen LogP contribution in [0.2, 0.25) is 0 Å². The molecule has 0 radical (unpaired) electrons. The number of amides is 2. The van der Waals surface area contributed by atoms with Crippen LogP contribution in [0, 0.1) is 0 Å². The fourth-order valence-corrected chi connectivity index (χ4v) is 3.45. The highest BCUT2D eigenvalue weighted by Crippen LogP contribution is 2.34. The Kier molecular flexibility index (Phi) is 6.14. The molecule has 0 aromatic heterocycles. The predicted octanol–water partition coefficient (Wildman–Crippen LogP) is 2.05. The van der Waals surface area contributed by atoms with Crippen molar-refractivity contribution in [3.8, 4) is 0 Å². The average Bonchev–Trinajstić information content (AvgIpc) is 2.79. The molecule has 0 atom stereocenters. The van der Waals surface area contributed by atoms with E-state index >= 15 is 0 Å². The number of imide groups is 1. The van der Waals surface area contributed by atoms with Crippen LogP contribution in [0.3, 0.4) is 0 Å². The standard InChI is InChI=1S/C15H14Br2N2O5/c1-2-24-15(23)8-5-9(16)13(10(17)6-8)18-11-7-12(21)19(3-4-20)14(11)22/h5-7,18,20H,2-4H2,1H3. The number of aliphatic hydroxyl groups excluding tert-OH is 1. The van der Waals surface area contributed by atoms with Gasteiger partial charge in [0.2, 0.25) is 0 Å². The third-order valence-corrected chi connectivity index (χ3v) is 4.40. The van der Waals surface area contributed by atoms with Gasteiger partial charge in [0.1, 0.15) is 5.70 Å². The van der Waals surface area contributed by atoms with Crippen molar-refractivity contribution in [3.63, 3.8) is 0 Å². The lowest BCUT2D eigenvalue weighted by molar-refractivity contribution is -0.137. The molecule has 128 valence electrons. The average molecular weight is 462 g/mol. The van der Waals surface area contributed by atoms with Crippen LogP contribution in [-0.4, -0.2) is 47.5 Å². The van der Waals surface area contributed by atoms with Crippen molar-refractivity contribution in [1.82, 2.24) is 4.90 Å².